The van der Waals surface area contributed by atoms with Gasteiger partial charge in [0.25, 0.3) is 5.91 Å². The minimum Gasteiger partial charge on any atom is -0.508 e. The quantitative estimate of drug-likeness (QED) is 0.0245. The largest absolute Gasteiger partial charge is 0.508 e. The first-order valence-electron chi connectivity index (χ1n) is 24.0. The molecule has 10 N–H and O–H groups in total. The van der Waals surface area contributed by atoms with E-state index in [9.17, 15) is 48.0 Å². The van der Waals surface area contributed by atoms with Gasteiger partial charge in [-0.2, -0.15) is 8.42 Å². The summed E-state index contributed by atoms with van der Waals surface area (Å²) in [4.78, 5) is 72.4. The maximum atomic E-state index is 15.1. The van der Waals surface area contributed by atoms with Gasteiger partial charge >= 0.3 is 22.3 Å². The lowest BCUT2D eigenvalue weighted by molar-refractivity contribution is -0.316. The van der Waals surface area contributed by atoms with E-state index in [4.69, 9.17) is 39.4 Å². The number of aromatic hydroxyl groups is 2. The summed E-state index contributed by atoms with van der Waals surface area (Å²) in [6.45, 7) is 3.09. The third-order valence-electron chi connectivity index (χ3n) is 13.7. The maximum Gasteiger partial charge on any atom is 0.397 e. The molecule has 0 spiro atoms. The molecule has 2 aromatic rings. The zero-order valence-electron chi connectivity index (χ0n) is 40.7. The van der Waals surface area contributed by atoms with Crippen LogP contribution >= 0.6 is 0 Å². The number of esters is 2. The molecule has 1 saturated carbocycles. The SMILES string of the molecule is CC[C@@H](C)[C@@H](NC(=O)C(COS(=O)(=O)O)OC)C(=O)N1[C@H](C(=O)NCCC2=CCN(C(=N)N)C2)C[C@@H]2CC[C@@H](O[C@H]3O[C@H](COC(=O)Cc4ccc(O)cc4)[C@@H](O)[C@H](O)[C@H]3OC(=O)Cc3ccc(O)cc3)C[C@@H]21. The highest BCUT2D eigenvalue weighted by atomic mass is 32.3. The zero-order chi connectivity index (χ0) is 53.1. The monoisotopic (exact) mass is 1050 g/mol. The number of ether oxygens (including phenoxy) is 5. The summed E-state index contributed by atoms with van der Waals surface area (Å²) in [6.07, 6.45) is -7.36. The van der Waals surface area contributed by atoms with E-state index < -0.39 is 120 Å². The Balaban J connectivity index is 1.24. The molecule has 24 nitrogen and oxygen atoms in total. The van der Waals surface area contributed by atoms with Crippen LogP contribution in [-0.2, 0) is 75.1 Å². The van der Waals surface area contributed by atoms with Crippen molar-refractivity contribution in [3.63, 3.8) is 0 Å². The number of phenols is 2. The number of rotatable bonds is 22. The van der Waals surface area contributed by atoms with E-state index in [0.717, 1.165) is 12.7 Å². The number of likely N-dealkylation sites (tertiary alicyclic amines) is 1. The van der Waals surface area contributed by atoms with Crippen molar-refractivity contribution in [1.82, 2.24) is 20.4 Å². The van der Waals surface area contributed by atoms with Crippen LogP contribution in [0.3, 0.4) is 0 Å². The number of hydrogen-bond donors (Lipinski definition) is 9. The molecular formula is C48H66N6O18S. The molecule has 4 aliphatic rings. The molecule has 2 saturated heterocycles. The first-order chi connectivity index (χ1) is 34.6. The van der Waals surface area contributed by atoms with Gasteiger partial charge in [-0.25, -0.2) is 4.18 Å². The minimum atomic E-state index is -4.96. The molecule has 3 aliphatic heterocycles. The smallest absolute Gasteiger partial charge is 0.397 e. The van der Waals surface area contributed by atoms with Gasteiger partial charge in [0.15, 0.2) is 24.5 Å². The lowest BCUT2D eigenvalue weighted by Gasteiger charge is -2.44. The molecule has 402 valence electrons. The third kappa shape index (κ3) is 15.3. The van der Waals surface area contributed by atoms with Gasteiger partial charge in [0.2, 0.25) is 11.8 Å². The third-order valence-corrected chi connectivity index (χ3v) is 14.1. The molecule has 3 amide bonds. The lowest BCUT2D eigenvalue weighted by atomic mass is 9.82. The molecule has 0 aromatic heterocycles. The maximum absolute atomic E-state index is 15.1. The highest BCUT2D eigenvalue weighted by molar-refractivity contribution is 7.80. The van der Waals surface area contributed by atoms with Gasteiger partial charge in [0.1, 0.15) is 55.1 Å². The predicted molar refractivity (Wildman–Crippen MR) is 255 cm³/mol. The average molecular weight is 1050 g/mol. The van der Waals surface area contributed by atoms with Crippen LogP contribution < -0.4 is 16.4 Å². The number of nitrogens with one attached hydrogen (secondary N) is 3. The fourth-order valence-electron chi connectivity index (χ4n) is 9.47. The zero-order valence-corrected chi connectivity index (χ0v) is 41.6. The molecule has 12 atom stereocenters. The highest BCUT2D eigenvalue weighted by Crippen LogP contribution is 2.43. The second-order valence-electron chi connectivity index (χ2n) is 18.7. The number of phenolic OH excluding ortho intramolecular Hbond substituents is 2. The van der Waals surface area contributed by atoms with Crippen LogP contribution in [0.2, 0.25) is 0 Å². The van der Waals surface area contributed by atoms with Gasteiger partial charge in [-0.3, -0.25) is 33.9 Å². The van der Waals surface area contributed by atoms with Gasteiger partial charge < -0.3 is 70.3 Å². The minimum absolute atomic E-state index is 0.00231. The normalized spacial score (nSPS) is 26.2. The van der Waals surface area contributed by atoms with Crippen molar-refractivity contribution < 1.29 is 85.2 Å². The van der Waals surface area contributed by atoms with Gasteiger partial charge in [-0.05, 0) is 79.3 Å². The van der Waals surface area contributed by atoms with E-state index in [2.05, 4.69) is 14.8 Å². The summed E-state index contributed by atoms with van der Waals surface area (Å²) < 4.78 is 65.3. The molecule has 73 heavy (non-hydrogen) atoms. The number of aliphatic hydroxyl groups excluding tert-OH is 2. The fourth-order valence-corrected chi connectivity index (χ4v) is 9.77. The molecule has 1 unspecified atom stereocenters. The van der Waals surface area contributed by atoms with E-state index in [1.54, 1.807) is 18.7 Å². The second kappa shape index (κ2) is 25.3. The van der Waals surface area contributed by atoms with Crippen molar-refractivity contribution in [2.45, 2.75) is 126 Å². The van der Waals surface area contributed by atoms with Crippen molar-refractivity contribution >= 4 is 46.0 Å². The van der Waals surface area contributed by atoms with Crippen LogP contribution in [0.4, 0.5) is 0 Å². The number of nitrogens with two attached hydrogens (primary N) is 1. The number of nitrogens with zero attached hydrogens (tertiary/aromatic N) is 2. The lowest BCUT2D eigenvalue weighted by Crippen LogP contribution is -2.62. The van der Waals surface area contributed by atoms with E-state index in [1.165, 1.54) is 53.4 Å². The first-order valence-corrected chi connectivity index (χ1v) is 25.4. The average Bonchev–Trinajstić information content (AvgIpc) is 3.99. The Morgan fingerprint density at radius 2 is 1.59 bits per heavy atom. The van der Waals surface area contributed by atoms with Crippen molar-refractivity contribution in [2.75, 3.05) is 40.0 Å². The number of guanidine groups is 1. The number of benzene rings is 2. The summed E-state index contributed by atoms with van der Waals surface area (Å²) in [5, 5.41) is 55.6. The molecule has 1 aliphatic carbocycles. The van der Waals surface area contributed by atoms with Crippen LogP contribution in [0, 0.1) is 17.2 Å². The van der Waals surface area contributed by atoms with Crippen LogP contribution in [0.25, 0.3) is 0 Å². The Morgan fingerprint density at radius 3 is 2.18 bits per heavy atom. The van der Waals surface area contributed by atoms with Crippen LogP contribution in [-0.4, -0.2) is 180 Å². The van der Waals surface area contributed by atoms with Crippen molar-refractivity contribution in [1.29, 1.82) is 5.41 Å². The fraction of sp³-hybridized carbons (Fsp3) is 0.583. The summed E-state index contributed by atoms with van der Waals surface area (Å²) in [5.41, 5.74) is 7.59. The summed E-state index contributed by atoms with van der Waals surface area (Å²) in [6, 6.07) is 8.56. The number of carbonyl (C=O) groups excluding carboxylic acids is 5. The Hall–Kier alpha value is -5.93. The Bertz CT molecular complexity index is 2410. The molecular weight excluding hydrogens is 981 g/mol. The molecule has 6 rings (SSSR count). The van der Waals surface area contributed by atoms with E-state index in [-0.39, 0.29) is 55.6 Å². The Labute approximate surface area is 422 Å². The van der Waals surface area contributed by atoms with Crippen LogP contribution in [0.1, 0.15) is 63.5 Å². The number of carbonyl (C=O) groups is 5. The summed E-state index contributed by atoms with van der Waals surface area (Å²) in [7, 11) is -3.86. The number of fused-ring (bicyclic) bond motifs is 1. The van der Waals surface area contributed by atoms with Crippen molar-refractivity contribution in [3.8, 4) is 11.5 Å². The number of aliphatic hydroxyl groups is 2. The number of methoxy groups -OCH3 is 1. The number of amides is 3. The molecule has 3 heterocycles. The summed E-state index contributed by atoms with van der Waals surface area (Å²) >= 11 is 0. The van der Waals surface area contributed by atoms with Crippen molar-refractivity contribution in [2.24, 2.45) is 17.6 Å². The van der Waals surface area contributed by atoms with E-state index in [1.807, 2.05) is 6.08 Å². The van der Waals surface area contributed by atoms with E-state index >= 15 is 4.79 Å². The second-order valence-corrected chi connectivity index (χ2v) is 19.8. The van der Waals surface area contributed by atoms with Gasteiger partial charge in [-0.1, -0.05) is 56.2 Å². The van der Waals surface area contributed by atoms with Crippen molar-refractivity contribution in [3.05, 3.63) is 71.3 Å². The van der Waals surface area contributed by atoms with E-state index in [0.29, 0.717) is 49.9 Å². The molecule has 25 heteroatoms. The first kappa shape index (κ1) is 56.4. The van der Waals surface area contributed by atoms with Gasteiger partial charge in [0, 0.05) is 32.8 Å². The Morgan fingerprint density at radius 1 is 0.945 bits per heavy atom. The predicted octanol–water partition coefficient (Wildman–Crippen LogP) is -0.0534. The summed E-state index contributed by atoms with van der Waals surface area (Å²) in [5.74, 6) is -4.55. The Kier molecular flexibility index (Phi) is 19.6. The van der Waals surface area contributed by atoms with Gasteiger partial charge in [0.05, 0.1) is 18.9 Å². The molecule has 2 aromatic carbocycles. The van der Waals surface area contributed by atoms with Crippen LogP contribution in [0.15, 0.2) is 60.2 Å². The van der Waals surface area contributed by atoms with Gasteiger partial charge in [-0.15, -0.1) is 0 Å². The topological polar surface area (TPSA) is 356 Å². The molecule has 3 fully saturated rings. The van der Waals surface area contributed by atoms with Crippen LogP contribution in [0.5, 0.6) is 11.5 Å². The molecule has 0 bridgehead atoms. The highest BCUT2D eigenvalue weighted by Gasteiger charge is 2.53. The molecule has 0 radical (unpaired) electrons. The number of hydrogen-bond acceptors (Lipinski definition) is 18. The standard InChI is InChI=1S/C48H66N6O18S/c1-4-26(2)40(52-45(62)37(67-3)25-69-73(64,65)66)46(63)54-34-22-33(14-9-30(34)21-35(54)44(61)51-17-15-29-16-18-53(23-29)48(49)50)70-47-43(72-39(58)20-28-7-12-32(56)13-8-28)42(60)41(59)36(71-47)24-68-38(57)19-27-5-10-31(55)11-6-27/h5-8,10-13,16,26,30,33-37,40-43,47,55-56,59-60H,4,9,14-15,17-25H2,1-3H3,(H3,49,50)(H,51,61)(H,52,62)(H,64,65,66)/t26-,30+,33-,34+,35+,36-,37?,40-,41-,42+,43-,47+/m1/s1.